The highest BCUT2D eigenvalue weighted by atomic mass is 15.0. The SMILES string of the molecule is NCCCCCCCCCCCCn1ccnc1. The summed E-state index contributed by atoms with van der Waals surface area (Å²) in [6, 6.07) is 0. The number of imidazole rings is 1. The van der Waals surface area contributed by atoms with Gasteiger partial charge in [-0.25, -0.2) is 4.98 Å². The third-order valence-corrected chi connectivity index (χ3v) is 3.43. The van der Waals surface area contributed by atoms with Crippen molar-refractivity contribution in [3.63, 3.8) is 0 Å². The van der Waals surface area contributed by atoms with E-state index in [0.717, 1.165) is 13.1 Å². The van der Waals surface area contributed by atoms with Crippen molar-refractivity contribution in [1.82, 2.24) is 9.55 Å². The molecule has 3 heteroatoms. The van der Waals surface area contributed by atoms with E-state index in [0.29, 0.717) is 0 Å². The number of aryl methyl sites for hydroxylation is 1. The zero-order chi connectivity index (χ0) is 12.9. The fourth-order valence-corrected chi connectivity index (χ4v) is 2.27. The molecule has 0 spiro atoms. The average molecular weight is 251 g/mol. The van der Waals surface area contributed by atoms with Crippen LogP contribution in [0.1, 0.15) is 64.2 Å². The summed E-state index contributed by atoms with van der Waals surface area (Å²) in [6.07, 6.45) is 19.3. The minimum Gasteiger partial charge on any atom is -0.337 e. The predicted octanol–water partition coefficient (Wildman–Crippen LogP) is 3.74. The maximum atomic E-state index is 5.47. The Balaban J connectivity index is 1.73. The minimum atomic E-state index is 0.858. The summed E-state index contributed by atoms with van der Waals surface area (Å²) in [5.41, 5.74) is 5.47. The van der Waals surface area contributed by atoms with Gasteiger partial charge < -0.3 is 10.3 Å². The molecule has 0 atom stereocenters. The Morgan fingerprint density at radius 2 is 1.33 bits per heavy atom. The van der Waals surface area contributed by atoms with Crippen molar-refractivity contribution >= 4 is 0 Å². The van der Waals surface area contributed by atoms with Crippen molar-refractivity contribution in [3.05, 3.63) is 18.7 Å². The zero-order valence-corrected chi connectivity index (χ0v) is 11.7. The van der Waals surface area contributed by atoms with Crippen LogP contribution in [-0.4, -0.2) is 16.1 Å². The van der Waals surface area contributed by atoms with Gasteiger partial charge in [-0.2, -0.15) is 0 Å². The number of nitrogens with zero attached hydrogens (tertiary/aromatic N) is 2. The number of rotatable bonds is 12. The lowest BCUT2D eigenvalue weighted by atomic mass is 10.1. The molecular formula is C15H29N3. The molecule has 0 aliphatic rings. The summed E-state index contributed by atoms with van der Waals surface area (Å²) < 4.78 is 2.16. The second kappa shape index (κ2) is 11.3. The highest BCUT2D eigenvalue weighted by Gasteiger charge is 1.93. The van der Waals surface area contributed by atoms with Crippen LogP contribution in [-0.2, 0) is 6.54 Å². The van der Waals surface area contributed by atoms with Crippen molar-refractivity contribution in [2.24, 2.45) is 5.73 Å². The van der Waals surface area contributed by atoms with E-state index in [2.05, 4.69) is 9.55 Å². The second-order valence-electron chi connectivity index (χ2n) is 5.12. The quantitative estimate of drug-likeness (QED) is 0.575. The van der Waals surface area contributed by atoms with Crippen LogP contribution in [0.5, 0.6) is 0 Å². The van der Waals surface area contributed by atoms with Crippen LogP contribution in [0.3, 0.4) is 0 Å². The highest BCUT2D eigenvalue weighted by molar-refractivity contribution is 4.73. The number of hydrogen-bond donors (Lipinski definition) is 1. The normalized spacial score (nSPS) is 10.9. The molecule has 18 heavy (non-hydrogen) atoms. The van der Waals surface area contributed by atoms with E-state index < -0.39 is 0 Å². The molecule has 0 aliphatic carbocycles. The fraction of sp³-hybridized carbons (Fsp3) is 0.800. The van der Waals surface area contributed by atoms with E-state index in [-0.39, 0.29) is 0 Å². The largest absolute Gasteiger partial charge is 0.337 e. The van der Waals surface area contributed by atoms with E-state index in [1.807, 2.05) is 18.7 Å². The third kappa shape index (κ3) is 8.29. The molecular weight excluding hydrogens is 222 g/mol. The minimum absolute atomic E-state index is 0.858. The topological polar surface area (TPSA) is 43.8 Å². The van der Waals surface area contributed by atoms with Gasteiger partial charge in [0.25, 0.3) is 0 Å². The molecule has 1 aromatic rings. The Morgan fingerprint density at radius 3 is 1.83 bits per heavy atom. The first kappa shape index (κ1) is 15.2. The van der Waals surface area contributed by atoms with Crippen LogP contribution >= 0.6 is 0 Å². The lowest BCUT2D eigenvalue weighted by molar-refractivity contribution is 0.533. The van der Waals surface area contributed by atoms with Crippen molar-refractivity contribution in [2.75, 3.05) is 6.54 Å². The maximum Gasteiger partial charge on any atom is 0.0945 e. The van der Waals surface area contributed by atoms with Crippen LogP contribution in [0.4, 0.5) is 0 Å². The summed E-state index contributed by atoms with van der Waals surface area (Å²) in [7, 11) is 0. The number of nitrogens with two attached hydrogens (primary N) is 1. The van der Waals surface area contributed by atoms with Crippen LogP contribution in [0, 0.1) is 0 Å². The molecule has 0 aromatic carbocycles. The Labute approximate surface area is 112 Å². The Hall–Kier alpha value is -0.830. The summed E-state index contributed by atoms with van der Waals surface area (Å²) in [5, 5.41) is 0. The van der Waals surface area contributed by atoms with Gasteiger partial charge in [0.1, 0.15) is 0 Å². The highest BCUT2D eigenvalue weighted by Crippen LogP contribution is 2.10. The smallest absolute Gasteiger partial charge is 0.0945 e. The summed E-state index contributed by atoms with van der Waals surface area (Å²) in [5.74, 6) is 0. The summed E-state index contributed by atoms with van der Waals surface area (Å²) >= 11 is 0. The van der Waals surface area contributed by atoms with Gasteiger partial charge in [0, 0.05) is 18.9 Å². The van der Waals surface area contributed by atoms with Gasteiger partial charge in [0.2, 0.25) is 0 Å². The van der Waals surface area contributed by atoms with Gasteiger partial charge in [0.05, 0.1) is 6.33 Å². The monoisotopic (exact) mass is 251 g/mol. The van der Waals surface area contributed by atoms with Gasteiger partial charge in [0.15, 0.2) is 0 Å². The lowest BCUT2D eigenvalue weighted by Crippen LogP contribution is -1.97. The Morgan fingerprint density at radius 1 is 0.778 bits per heavy atom. The lowest BCUT2D eigenvalue weighted by Gasteiger charge is -2.03. The van der Waals surface area contributed by atoms with Crippen LogP contribution in [0.25, 0.3) is 0 Å². The van der Waals surface area contributed by atoms with Gasteiger partial charge >= 0.3 is 0 Å². The zero-order valence-electron chi connectivity index (χ0n) is 11.7. The number of hydrogen-bond acceptors (Lipinski definition) is 2. The van der Waals surface area contributed by atoms with Crippen LogP contribution in [0.15, 0.2) is 18.7 Å². The molecule has 1 aromatic heterocycles. The second-order valence-corrected chi connectivity index (χ2v) is 5.12. The molecule has 0 bridgehead atoms. The molecule has 2 N–H and O–H groups in total. The first-order chi connectivity index (χ1) is 8.93. The van der Waals surface area contributed by atoms with Gasteiger partial charge in [-0.15, -0.1) is 0 Å². The Bertz CT molecular complexity index is 257. The first-order valence-electron chi connectivity index (χ1n) is 7.59. The van der Waals surface area contributed by atoms with Gasteiger partial charge in [-0.1, -0.05) is 51.4 Å². The van der Waals surface area contributed by atoms with Gasteiger partial charge in [-0.3, -0.25) is 0 Å². The van der Waals surface area contributed by atoms with Crippen molar-refractivity contribution in [1.29, 1.82) is 0 Å². The molecule has 0 unspecified atom stereocenters. The summed E-state index contributed by atoms with van der Waals surface area (Å²) in [6.45, 7) is 1.98. The molecule has 0 saturated carbocycles. The van der Waals surface area contributed by atoms with E-state index >= 15 is 0 Å². The van der Waals surface area contributed by atoms with E-state index in [1.54, 1.807) is 0 Å². The standard InChI is InChI=1S/C15H29N3/c16-11-9-7-5-3-1-2-4-6-8-10-13-18-14-12-17-15-18/h12,14-15H,1-11,13,16H2. The van der Waals surface area contributed by atoms with Gasteiger partial charge in [-0.05, 0) is 19.4 Å². The molecule has 0 saturated heterocycles. The molecule has 0 amide bonds. The van der Waals surface area contributed by atoms with Crippen LogP contribution < -0.4 is 5.73 Å². The van der Waals surface area contributed by atoms with Crippen molar-refractivity contribution < 1.29 is 0 Å². The molecule has 0 fully saturated rings. The van der Waals surface area contributed by atoms with E-state index in [4.69, 9.17) is 5.73 Å². The third-order valence-electron chi connectivity index (χ3n) is 3.43. The number of unbranched alkanes of at least 4 members (excludes halogenated alkanes) is 9. The molecule has 0 aliphatic heterocycles. The van der Waals surface area contributed by atoms with Crippen molar-refractivity contribution in [2.45, 2.75) is 70.8 Å². The van der Waals surface area contributed by atoms with Crippen molar-refractivity contribution in [3.8, 4) is 0 Å². The first-order valence-corrected chi connectivity index (χ1v) is 7.59. The fourth-order valence-electron chi connectivity index (χ4n) is 2.27. The number of aromatic nitrogens is 2. The Kier molecular flexibility index (Phi) is 9.54. The molecule has 1 rings (SSSR count). The molecule has 1 heterocycles. The van der Waals surface area contributed by atoms with E-state index in [9.17, 15) is 0 Å². The predicted molar refractivity (Wildman–Crippen MR) is 77.5 cm³/mol. The summed E-state index contributed by atoms with van der Waals surface area (Å²) in [4.78, 5) is 4.05. The molecule has 0 radical (unpaired) electrons. The van der Waals surface area contributed by atoms with E-state index in [1.165, 1.54) is 64.2 Å². The average Bonchev–Trinajstić information content (AvgIpc) is 2.89. The molecule has 104 valence electrons. The maximum absolute atomic E-state index is 5.47. The van der Waals surface area contributed by atoms with Crippen LogP contribution in [0.2, 0.25) is 0 Å². The molecule has 3 nitrogen and oxygen atoms in total.